The maximum absolute atomic E-state index is 10.2. The molecule has 0 atom stereocenters. The number of furan rings is 1. The Balaban J connectivity index is 1.26. The van der Waals surface area contributed by atoms with Crippen LogP contribution in [-0.2, 0) is 0 Å². The molecule has 0 saturated heterocycles. The minimum absolute atomic E-state index is 0.447. The van der Waals surface area contributed by atoms with Crippen molar-refractivity contribution in [2.24, 2.45) is 0 Å². The van der Waals surface area contributed by atoms with Gasteiger partial charge in [0, 0.05) is 21.9 Å². The van der Waals surface area contributed by atoms with E-state index in [-0.39, 0.29) is 0 Å². The highest BCUT2D eigenvalue weighted by molar-refractivity contribution is 6.12. The predicted octanol–water partition coefficient (Wildman–Crippen LogP) is 13.2. The molecule has 274 valence electrons. The summed E-state index contributed by atoms with van der Waals surface area (Å²) in [7, 11) is 0. The largest absolute Gasteiger partial charge is 0.455 e. The van der Waals surface area contributed by atoms with Crippen molar-refractivity contribution in [3.63, 3.8) is 0 Å². The Kier molecular flexibility index (Phi) is 8.84. The molecule has 0 aliphatic rings. The molecule has 0 fully saturated rings. The molecule has 6 heteroatoms. The Hall–Kier alpha value is -8.45. The first-order valence-corrected chi connectivity index (χ1v) is 19.2. The zero-order valence-electron chi connectivity index (χ0n) is 31.5. The summed E-state index contributed by atoms with van der Waals surface area (Å²) in [5.74, 6) is 1.49. The zero-order valence-corrected chi connectivity index (χ0v) is 31.5. The third kappa shape index (κ3) is 6.47. The summed E-state index contributed by atoms with van der Waals surface area (Å²) >= 11 is 0. The molecule has 10 rings (SSSR count). The lowest BCUT2D eigenvalue weighted by Crippen LogP contribution is -2.01. The first-order chi connectivity index (χ1) is 29.1. The molecule has 8 aromatic carbocycles. The first kappa shape index (κ1) is 35.0. The molecular formula is C53H31N5O. The van der Waals surface area contributed by atoms with E-state index >= 15 is 0 Å². The molecule has 0 aliphatic carbocycles. The smallest absolute Gasteiger partial charge is 0.168 e. The average molecular weight is 754 g/mol. The van der Waals surface area contributed by atoms with Crippen molar-refractivity contribution in [3.8, 4) is 90.8 Å². The fourth-order valence-electron chi connectivity index (χ4n) is 7.79. The monoisotopic (exact) mass is 753 g/mol. The van der Waals surface area contributed by atoms with E-state index in [1.54, 1.807) is 0 Å². The molecule has 6 nitrogen and oxygen atoms in total. The van der Waals surface area contributed by atoms with Crippen LogP contribution in [0.15, 0.2) is 192 Å². The van der Waals surface area contributed by atoms with Crippen molar-refractivity contribution in [2.75, 3.05) is 0 Å². The van der Waals surface area contributed by atoms with Gasteiger partial charge in [-0.2, -0.15) is 10.5 Å². The van der Waals surface area contributed by atoms with Gasteiger partial charge in [0.1, 0.15) is 11.2 Å². The second kappa shape index (κ2) is 14.9. The average Bonchev–Trinajstić information content (AvgIpc) is 3.70. The molecule has 0 amide bonds. The molecule has 0 spiro atoms. The standard InChI is InChI=1S/C53H31N5O/c54-32-38-17-7-9-19-43(38)40-29-41(44-20-10-8-18-39(44)33-55)31-42(30-40)45-27-28-47-46-21-11-12-22-48(46)59-50(47)49(45)53-57-51(36-15-5-2-6-16-36)56-52(58-53)37-25-23-35(24-26-37)34-13-3-1-4-14-34/h1-31H. The molecule has 0 N–H and O–H groups in total. The highest BCUT2D eigenvalue weighted by Gasteiger charge is 2.23. The Morgan fingerprint density at radius 2 is 0.814 bits per heavy atom. The van der Waals surface area contributed by atoms with Gasteiger partial charge in [0.15, 0.2) is 17.5 Å². The van der Waals surface area contributed by atoms with Crippen molar-refractivity contribution < 1.29 is 4.42 Å². The van der Waals surface area contributed by atoms with E-state index in [2.05, 4.69) is 66.7 Å². The van der Waals surface area contributed by atoms with Crippen molar-refractivity contribution in [2.45, 2.75) is 0 Å². The molecule has 2 aromatic heterocycles. The maximum atomic E-state index is 10.2. The van der Waals surface area contributed by atoms with Gasteiger partial charge >= 0.3 is 0 Å². The first-order valence-electron chi connectivity index (χ1n) is 19.2. The highest BCUT2D eigenvalue weighted by atomic mass is 16.3. The summed E-state index contributed by atoms with van der Waals surface area (Å²) in [6.07, 6.45) is 0. The molecule has 0 radical (unpaired) electrons. The van der Waals surface area contributed by atoms with E-state index < -0.39 is 0 Å². The SMILES string of the molecule is N#Cc1ccccc1-c1cc(-c2ccccc2C#N)cc(-c2ccc3c(oc4ccccc43)c2-c2nc(-c3ccccc3)nc(-c3ccc(-c4ccccc4)cc3)n2)c1. The normalized spacial score (nSPS) is 11.0. The van der Waals surface area contributed by atoms with E-state index in [4.69, 9.17) is 19.4 Å². The van der Waals surface area contributed by atoms with Crippen LogP contribution < -0.4 is 0 Å². The number of rotatable bonds is 7. The molecule has 2 heterocycles. The minimum Gasteiger partial charge on any atom is -0.455 e. The lowest BCUT2D eigenvalue weighted by Gasteiger charge is -2.16. The van der Waals surface area contributed by atoms with E-state index in [0.717, 1.165) is 72.0 Å². The second-order valence-corrected chi connectivity index (χ2v) is 14.2. The van der Waals surface area contributed by atoms with Crippen molar-refractivity contribution >= 4 is 21.9 Å². The summed E-state index contributed by atoms with van der Waals surface area (Å²) < 4.78 is 6.77. The number of hydrogen-bond acceptors (Lipinski definition) is 6. The van der Waals surface area contributed by atoms with Crippen molar-refractivity contribution in [1.82, 2.24) is 15.0 Å². The maximum Gasteiger partial charge on any atom is 0.168 e. The molecular weight excluding hydrogens is 723 g/mol. The highest BCUT2D eigenvalue weighted by Crippen LogP contribution is 2.44. The van der Waals surface area contributed by atoms with Crippen LogP contribution in [-0.4, -0.2) is 15.0 Å². The summed E-state index contributed by atoms with van der Waals surface area (Å²) in [5, 5.41) is 22.3. The zero-order chi connectivity index (χ0) is 39.7. The summed E-state index contributed by atoms with van der Waals surface area (Å²) in [4.78, 5) is 15.5. The van der Waals surface area contributed by atoms with E-state index in [0.29, 0.717) is 39.7 Å². The van der Waals surface area contributed by atoms with Crippen LogP contribution in [0.1, 0.15) is 11.1 Å². The van der Waals surface area contributed by atoms with Crippen LogP contribution in [0, 0.1) is 22.7 Å². The summed E-state index contributed by atoms with van der Waals surface area (Å²) in [5.41, 5.74) is 12.0. The number of aromatic nitrogens is 3. The lowest BCUT2D eigenvalue weighted by atomic mass is 9.88. The van der Waals surface area contributed by atoms with Gasteiger partial charge in [-0.1, -0.05) is 146 Å². The Bertz CT molecular complexity index is 3210. The van der Waals surface area contributed by atoms with Crippen LogP contribution in [0.4, 0.5) is 0 Å². The van der Waals surface area contributed by atoms with Gasteiger partial charge in [0.25, 0.3) is 0 Å². The molecule has 0 aliphatic heterocycles. The number of hydrogen-bond donors (Lipinski definition) is 0. The number of benzene rings is 8. The van der Waals surface area contributed by atoms with Gasteiger partial charge in [-0.15, -0.1) is 0 Å². The fourth-order valence-corrected chi connectivity index (χ4v) is 7.79. The van der Waals surface area contributed by atoms with Gasteiger partial charge in [0.2, 0.25) is 0 Å². The van der Waals surface area contributed by atoms with Crippen LogP contribution in [0.5, 0.6) is 0 Å². The van der Waals surface area contributed by atoms with Crippen LogP contribution >= 0.6 is 0 Å². The van der Waals surface area contributed by atoms with Gasteiger partial charge in [-0.25, -0.2) is 15.0 Å². The Labute approximate surface area is 340 Å². The fraction of sp³-hybridized carbons (Fsp3) is 0. The molecule has 0 unspecified atom stereocenters. The lowest BCUT2D eigenvalue weighted by molar-refractivity contribution is 0.669. The summed E-state index contributed by atoms with van der Waals surface area (Å²) in [6.45, 7) is 0. The third-order valence-electron chi connectivity index (χ3n) is 10.6. The van der Waals surface area contributed by atoms with Crippen LogP contribution in [0.3, 0.4) is 0 Å². The quantitative estimate of drug-likeness (QED) is 0.161. The van der Waals surface area contributed by atoms with E-state index in [9.17, 15) is 10.5 Å². The van der Waals surface area contributed by atoms with Crippen LogP contribution in [0.25, 0.3) is 101 Å². The molecule has 0 bridgehead atoms. The number of para-hydroxylation sites is 1. The van der Waals surface area contributed by atoms with Gasteiger partial charge in [-0.3, -0.25) is 0 Å². The number of nitriles is 2. The van der Waals surface area contributed by atoms with Gasteiger partial charge in [0.05, 0.1) is 28.8 Å². The van der Waals surface area contributed by atoms with E-state index in [1.165, 1.54) is 0 Å². The summed E-state index contributed by atoms with van der Waals surface area (Å²) in [6, 6.07) is 66.8. The van der Waals surface area contributed by atoms with Gasteiger partial charge in [-0.05, 0) is 87.0 Å². The topological polar surface area (TPSA) is 99.4 Å². The Morgan fingerprint density at radius 1 is 0.356 bits per heavy atom. The molecule has 0 saturated carbocycles. The van der Waals surface area contributed by atoms with Crippen LogP contribution in [0.2, 0.25) is 0 Å². The molecule has 10 aromatic rings. The second-order valence-electron chi connectivity index (χ2n) is 14.2. The number of fused-ring (bicyclic) bond motifs is 3. The minimum atomic E-state index is 0.447. The number of nitrogens with zero attached hydrogens (tertiary/aromatic N) is 5. The molecule has 59 heavy (non-hydrogen) atoms. The van der Waals surface area contributed by atoms with Crippen molar-refractivity contribution in [1.29, 1.82) is 10.5 Å². The van der Waals surface area contributed by atoms with Crippen molar-refractivity contribution in [3.05, 3.63) is 199 Å². The Morgan fingerprint density at radius 3 is 1.42 bits per heavy atom. The van der Waals surface area contributed by atoms with E-state index in [1.807, 2.05) is 133 Å². The predicted molar refractivity (Wildman–Crippen MR) is 235 cm³/mol. The third-order valence-corrected chi connectivity index (χ3v) is 10.6. The van der Waals surface area contributed by atoms with Gasteiger partial charge < -0.3 is 4.42 Å².